The van der Waals surface area contributed by atoms with Gasteiger partial charge in [0.25, 0.3) is 10.0 Å². The zero-order valence-corrected chi connectivity index (χ0v) is 15.6. The third-order valence-electron chi connectivity index (χ3n) is 2.87. The van der Waals surface area contributed by atoms with Crippen LogP contribution < -0.4 is 14.8 Å². The summed E-state index contributed by atoms with van der Waals surface area (Å²) in [6.45, 7) is 1.62. The Bertz CT molecular complexity index is 1050. The van der Waals surface area contributed by atoms with E-state index in [-0.39, 0.29) is 11.8 Å². The van der Waals surface area contributed by atoms with Gasteiger partial charge in [0.2, 0.25) is 11.8 Å². The van der Waals surface area contributed by atoms with Gasteiger partial charge in [0.1, 0.15) is 4.90 Å². The lowest BCUT2D eigenvalue weighted by atomic mass is 10.4. The van der Waals surface area contributed by atoms with Gasteiger partial charge in [-0.15, -0.1) is 0 Å². The molecule has 11 nitrogen and oxygen atoms in total. The molecule has 2 aromatic rings. The normalized spacial score (nSPS) is 11.7. The van der Waals surface area contributed by atoms with Crippen molar-refractivity contribution in [1.29, 1.82) is 0 Å². The second-order valence-corrected chi connectivity index (χ2v) is 8.60. The maximum Gasteiger partial charge on any atom is 0.335 e. The maximum atomic E-state index is 12.3. The number of aromatic nitrogens is 3. The predicted octanol–water partition coefficient (Wildman–Crippen LogP) is 0.103. The number of pyridine rings is 1. The number of aryl methyl sites for hydroxylation is 1. The zero-order chi connectivity index (χ0) is 19.5. The molecule has 2 aromatic heterocycles. The topological polar surface area (TPSA) is 157 Å². The van der Waals surface area contributed by atoms with Gasteiger partial charge in [-0.05, 0) is 19.1 Å². The number of carbonyl (C=O) groups is 1. The van der Waals surface area contributed by atoms with Crippen LogP contribution in [0.2, 0.25) is 0 Å². The lowest BCUT2D eigenvalue weighted by Crippen LogP contribution is -2.35. The first-order valence-corrected chi connectivity index (χ1v) is 10.3. The standard InChI is InChI=1S/C13H15N5O6S2/c1-8-7-10(24-2)16-12(15-8)17-13(19)18-26(22,23)9-5-4-6-14-11(9)25(3,20)21/h4-7H,1-3H3,(H2,15,16,17,18,19). The quantitative estimate of drug-likeness (QED) is 0.709. The molecule has 0 saturated carbocycles. The number of nitrogens with one attached hydrogen (secondary N) is 2. The van der Waals surface area contributed by atoms with E-state index in [2.05, 4.69) is 20.3 Å². The fourth-order valence-electron chi connectivity index (χ4n) is 1.86. The number of carbonyl (C=O) groups excluding carboxylic acids is 1. The van der Waals surface area contributed by atoms with Crippen LogP contribution in [0.1, 0.15) is 5.69 Å². The third-order valence-corrected chi connectivity index (χ3v) is 5.39. The van der Waals surface area contributed by atoms with E-state index < -0.39 is 35.8 Å². The van der Waals surface area contributed by atoms with Crippen molar-refractivity contribution in [3.63, 3.8) is 0 Å². The summed E-state index contributed by atoms with van der Waals surface area (Å²) in [5, 5.41) is 1.47. The maximum absolute atomic E-state index is 12.3. The van der Waals surface area contributed by atoms with Crippen LogP contribution in [0.15, 0.2) is 34.3 Å². The van der Waals surface area contributed by atoms with Gasteiger partial charge >= 0.3 is 6.03 Å². The molecule has 0 aliphatic carbocycles. The monoisotopic (exact) mass is 401 g/mol. The highest BCUT2D eigenvalue weighted by atomic mass is 32.2. The van der Waals surface area contributed by atoms with Crippen LogP contribution >= 0.6 is 0 Å². The summed E-state index contributed by atoms with van der Waals surface area (Å²) in [4.78, 5) is 22.6. The molecule has 13 heteroatoms. The molecular weight excluding hydrogens is 386 g/mol. The van der Waals surface area contributed by atoms with Crippen LogP contribution in [0.4, 0.5) is 10.7 Å². The molecule has 0 aliphatic rings. The number of anilines is 1. The van der Waals surface area contributed by atoms with Gasteiger partial charge in [-0.3, -0.25) is 5.32 Å². The minimum absolute atomic E-state index is 0.169. The summed E-state index contributed by atoms with van der Waals surface area (Å²) < 4.78 is 54.7. The fourth-order valence-corrected chi connectivity index (χ4v) is 4.28. The van der Waals surface area contributed by atoms with Gasteiger partial charge in [0, 0.05) is 24.2 Å². The molecule has 2 amide bonds. The molecule has 0 atom stereocenters. The molecule has 0 unspecified atom stereocenters. The number of hydrogen-bond donors (Lipinski definition) is 2. The second kappa shape index (κ2) is 7.21. The zero-order valence-electron chi connectivity index (χ0n) is 13.9. The Morgan fingerprint density at radius 1 is 1.19 bits per heavy atom. The molecule has 0 saturated heterocycles. The predicted molar refractivity (Wildman–Crippen MR) is 90.0 cm³/mol. The molecule has 140 valence electrons. The van der Waals surface area contributed by atoms with Crippen molar-refractivity contribution in [2.24, 2.45) is 0 Å². The van der Waals surface area contributed by atoms with Crippen LogP contribution in [-0.2, 0) is 19.9 Å². The van der Waals surface area contributed by atoms with Crippen LogP contribution in [-0.4, -0.2) is 51.2 Å². The van der Waals surface area contributed by atoms with E-state index in [0.29, 0.717) is 5.69 Å². The number of amides is 2. The van der Waals surface area contributed by atoms with Gasteiger partial charge in [0.05, 0.1) is 7.11 Å². The first-order chi connectivity index (χ1) is 12.0. The number of sulfone groups is 1. The lowest BCUT2D eigenvalue weighted by Gasteiger charge is -2.10. The number of methoxy groups -OCH3 is 1. The summed E-state index contributed by atoms with van der Waals surface area (Å²) in [5.74, 6) is -0.0219. The van der Waals surface area contributed by atoms with Gasteiger partial charge in [0.15, 0.2) is 14.9 Å². The summed E-state index contributed by atoms with van der Waals surface area (Å²) in [5.41, 5.74) is 0.474. The number of ether oxygens (including phenoxy) is 1. The smallest absolute Gasteiger partial charge is 0.335 e. The number of urea groups is 1. The fraction of sp³-hybridized carbons (Fsp3) is 0.231. The molecule has 2 rings (SSSR count). The number of nitrogens with zero attached hydrogens (tertiary/aromatic N) is 3. The second-order valence-electron chi connectivity index (χ2n) is 5.01. The summed E-state index contributed by atoms with van der Waals surface area (Å²) in [6.07, 6.45) is 1.93. The van der Waals surface area contributed by atoms with E-state index in [1.165, 1.54) is 19.2 Å². The van der Waals surface area contributed by atoms with E-state index in [1.54, 1.807) is 11.6 Å². The lowest BCUT2D eigenvalue weighted by molar-refractivity contribution is 0.256. The molecule has 2 heterocycles. The molecule has 0 spiro atoms. The largest absolute Gasteiger partial charge is 0.481 e. The van der Waals surface area contributed by atoms with Crippen molar-refractivity contribution in [2.75, 3.05) is 18.7 Å². The first kappa shape index (κ1) is 19.5. The Balaban J connectivity index is 2.28. The number of rotatable bonds is 5. The molecule has 0 bridgehead atoms. The molecule has 2 N–H and O–H groups in total. The number of hydrogen-bond acceptors (Lipinski definition) is 9. The SMILES string of the molecule is COc1cc(C)nc(NC(=O)NS(=O)(=O)c2cccnc2S(C)(=O)=O)n1. The van der Waals surface area contributed by atoms with Crippen molar-refractivity contribution in [3.05, 3.63) is 30.1 Å². The summed E-state index contributed by atoms with van der Waals surface area (Å²) in [7, 11) is -7.07. The van der Waals surface area contributed by atoms with Crippen LogP contribution in [0.5, 0.6) is 5.88 Å². The van der Waals surface area contributed by atoms with Gasteiger partial charge in [-0.25, -0.2) is 36.3 Å². The van der Waals surface area contributed by atoms with Crippen LogP contribution in [0.3, 0.4) is 0 Å². The Labute approximate surface area is 149 Å². The highest BCUT2D eigenvalue weighted by molar-refractivity contribution is 7.93. The first-order valence-electron chi connectivity index (χ1n) is 6.91. The molecule has 0 radical (unpaired) electrons. The molecule has 0 fully saturated rings. The average Bonchev–Trinajstić information content (AvgIpc) is 2.52. The minimum Gasteiger partial charge on any atom is -0.481 e. The average molecular weight is 401 g/mol. The molecule has 26 heavy (non-hydrogen) atoms. The Morgan fingerprint density at radius 3 is 2.50 bits per heavy atom. The van der Waals surface area contributed by atoms with Crippen molar-refractivity contribution in [3.8, 4) is 5.88 Å². The van der Waals surface area contributed by atoms with Gasteiger partial charge in [-0.1, -0.05) is 0 Å². The van der Waals surface area contributed by atoms with E-state index in [1.807, 2.05) is 0 Å². The van der Waals surface area contributed by atoms with Gasteiger partial charge in [-0.2, -0.15) is 4.98 Å². The Morgan fingerprint density at radius 2 is 1.88 bits per heavy atom. The van der Waals surface area contributed by atoms with Crippen molar-refractivity contribution in [1.82, 2.24) is 19.7 Å². The van der Waals surface area contributed by atoms with Crippen LogP contribution in [0.25, 0.3) is 0 Å². The van der Waals surface area contributed by atoms with E-state index in [4.69, 9.17) is 4.74 Å². The van der Waals surface area contributed by atoms with Crippen molar-refractivity contribution >= 4 is 31.8 Å². The van der Waals surface area contributed by atoms with Gasteiger partial charge < -0.3 is 4.74 Å². The minimum atomic E-state index is -4.51. The van der Waals surface area contributed by atoms with Crippen molar-refractivity contribution < 1.29 is 26.4 Å². The van der Waals surface area contributed by atoms with E-state index in [9.17, 15) is 21.6 Å². The molecule has 0 aromatic carbocycles. The molecule has 0 aliphatic heterocycles. The Kier molecular flexibility index (Phi) is 5.41. The van der Waals surface area contributed by atoms with Crippen molar-refractivity contribution in [2.45, 2.75) is 16.8 Å². The summed E-state index contributed by atoms with van der Waals surface area (Å²) >= 11 is 0. The Hall–Kier alpha value is -2.80. The molecular formula is C13H15N5O6S2. The van der Waals surface area contributed by atoms with Crippen LogP contribution in [0, 0.1) is 6.92 Å². The van der Waals surface area contributed by atoms with E-state index in [0.717, 1.165) is 18.5 Å². The van der Waals surface area contributed by atoms with E-state index >= 15 is 0 Å². The number of sulfonamides is 1. The third kappa shape index (κ3) is 4.64. The highest BCUT2D eigenvalue weighted by Gasteiger charge is 2.27. The summed E-state index contributed by atoms with van der Waals surface area (Å²) in [6, 6.07) is 2.58. The highest BCUT2D eigenvalue weighted by Crippen LogP contribution is 2.18.